The standard InChI is InChI=1S/C22H20N2O2S/c25-19(17-7-3-1-4-8-17)11-12-20-21(18-9-5-2-6-10-18)23-22(27-20)24-13-15-26-16-14-24/h1-12H,13-16H2/b12-11+. The number of benzene rings is 2. The molecule has 5 heteroatoms. The minimum atomic E-state index is -0.00376. The predicted molar refractivity (Wildman–Crippen MR) is 110 cm³/mol. The lowest BCUT2D eigenvalue weighted by molar-refractivity contribution is 0.104. The Balaban J connectivity index is 1.66. The lowest BCUT2D eigenvalue weighted by atomic mass is 10.1. The third-order valence-electron chi connectivity index (χ3n) is 4.42. The van der Waals surface area contributed by atoms with Crippen LogP contribution >= 0.6 is 11.3 Å². The first-order valence-corrected chi connectivity index (χ1v) is 9.79. The van der Waals surface area contributed by atoms with Crippen LogP contribution in [0.4, 0.5) is 5.13 Å². The molecule has 0 amide bonds. The van der Waals surface area contributed by atoms with E-state index in [0.29, 0.717) is 5.56 Å². The van der Waals surface area contributed by atoms with Crippen LogP contribution in [0.3, 0.4) is 0 Å². The number of aromatic nitrogens is 1. The van der Waals surface area contributed by atoms with Crippen molar-refractivity contribution in [2.24, 2.45) is 0 Å². The third kappa shape index (κ3) is 4.15. The van der Waals surface area contributed by atoms with Crippen LogP contribution in [0.2, 0.25) is 0 Å². The maximum atomic E-state index is 12.4. The molecule has 1 fully saturated rings. The highest BCUT2D eigenvalue weighted by Gasteiger charge is 2.18. The molecule has 136 valence electrons. The van der Waals surface area contributed by atoms with E-state index in [2.05, 4.69) is 17.0 Å². The maximum Gasteiger partial charge on any atom is 0.186 e. The smallest absolute Gasteiger partial charge is 0.186 e. The zero-order valence-electron chi connectivity index (χ0n) is 14.9. The summed E-state index contributed by atoms with van der Waals surface area (Å²) in [6.07, 6.45) is 3.53. The Morgan fingerprint density at radius 3 is 2.37 bits per heavy atom. The number of carbonyl (C=O) groups is 1. The molecule has 0 unspecified atom stereocenters. The van der Waals surface area contributed by atoms with Crippen LogP contribution in [-0.2, 0) is 4.74 Å². The van der Waals surface area contributed by atoms with E-state index in [1.54, 1.807) is 17.4 Å². The van der Waals surface area contributed by atoms with E-state index in [4.69, 9.17) is 9.72 Å². The summed E-state index contributed by atoms with van der Waals surface area (Å²) in [7, 11) is 0. The predicted octanol–water partition coefficient (Wildman–Crippen LogP) is 4.54. The van der Waals surface area contributed by atoms with Crippen molar-refractivity contribution in [2.45, 2.75) is 0 Å². The van der Waals surface area contributed by atoms with Crippen molar-refractivity contribution in [3.8, 4) is 11.3 Å². The third-order valence-corrected chi connectivity index (χ3v) is 5.50. The van der Waals surface area contributed by atoms with Crippen LogP contribution in [0, 0.1) is 0 Å². The summed E-state index contributed by atoms with van der Waals surface area (Å²) < 4.78 is 5.45. The second-order valence-corrected chi connectivity index (χ2v) is 7.25. The van der Waals surface area contributed by atoms with Crippen molar-refractivity contribution in [2.75, 3.05) is 31.2 Å². The van der Waals surface area contributed by atoms with Crippen molar-refractivity contribution >= 4 is 28.3 Å². The summed E-state index contributed by atoms with van der Waals surface area (Å²) in [6.45, 7) is 3.12. The van der Waals surface area contributed by atoms with Gasteiger partial charge in [0.2, 0.25) is 0 Å². The first-order valence-electron chi connectivity index (χ1n) is 8.98. The molecule has 0 saturated carbocycles. The molecule has 27 heavy (non-hydrogen) atoms. The average Bonchev–Trinajstić information content (AvgIpc) is 3.18. The van der Waals surface area contributed by atoms with E-state index in [-0.39, 0.29) is 5.78 Å². The number of allylic oxidation sites excluding steroid dienone is 1. The summed E-state index contributed by atoms with van der Waals surface area (Å²) in [5.41, 5.74) is 2.66. The first kappa shape index (κ1) is 17.6. The normalized spacial score (nSPS) is 14.6. The van der Waals surface area contributed by atoms with Gasteiger partial charge in [-0.2, -0.15) is 0 Å². The number of morpholine rings is 1. The van der Waals surface area contributed by atoms with E-state index in [1.165, 1.54) is 0 Å². The largest absolute Gasteiger partial charge is 0.378 e. The number of hydrogen-bond donors (Lipinski definition) is 0. The van der Waals surface area contributed by atoms with Gasteiger partial charge in [0.15, 0.2) is 10.9 Å². The molecule has 2 heterocycles. The zero-order chi connectivity index (χ0) is 18.5. The van der Waals surface area contributed by atoms with E-state index in [0.717, 1.165) is 47.6 Å². The SMILES string of the molecule is O=C(/C=C/c1sc(N2CCOCC2)nc1-c1ccccc1)c1ccccc1. The van der Waals surface area contributed by atoms with Crippen molar-refractivity contribution in [1.29, 1.82) is 0 Å². The van der Waals surface area contributed by atoms with E-state index < -0.39 is 0 Å². The van der Waals surface area contributed by atoms with Gasteiger partial charge < -0.3 is 9.64 Å². The molecule has 4 rings (SSSR count). The molecule has 1 aliphatic rings. The number of hydrogen-bond acceptors (Lipinski definition) is 5. The van der Waals surface area contributed by atoms with Gasteiger partial charge in [-0.1, -0.05) is 72.0 Å². The summed E-state index contributed by atoms with van der Waals surface area (Å²) in [6, 6.07) is 19.4. The lowest BCUT2D eigenvalue weighted by Gasteiger charge is -2.26. The van der Waals surface area contributed by atoms with Crippen molar-refractivity contribution in [1.82, 2.24) is 4.98 Å². The second-order valence-electron chi connectivity index (χ2n) is 6.24. The Morgan fingerprint density at radius 1 is 1.00 bits per heavy atom. The number of ether oxygens (including phenoxy) is 1. The first-order chi connectivity index (χ1) is 13.3. The Hall–Kier alpha value is -2.76. The monoisotopic (exact) mass is 376 g/mol. The molecular weight excluding hydrogens is 356 g/mol. The van der Waals surface area contributed by atoms with Crippen LogP contribution in [0.1, 0.15) is 15.2 Å². The molecule has 3 aromatic rings. The number of anilines is 1. The average molecular weight is 376 g/mol. The molecule has 0 N–H and O–H groups in total. The number of carbonyl (C=O) groups excluding carboxylic acids is 1. The van der Waals surface area contributed by atoms with Gasteiger partial charge in [0.1, 0.15) is 0 Å². The van der Waals surface area contributed by atoms with Crippen molar-refractivity contribution in [3.63, 3.8) is 0 Å². The topological polar surface area (TPSA) is 42.4 Å². The highest BCUT2D eigenvalue weighted by molar-refractivity contribution is 7.17. The molecule has 1 aliphatic heterocycles. The molecule has 0 bridgehead atoms. The Labute approximate surface area is 162 Å². The summed E-state index contributed by atoms with van der Waals surface area (Å²) in [4.78, 5) is 20.6. The maximum absolute atomic E-state index is 12.4. The molecule has 2 aromatic carbocycles. The van der Waals surface area contributed by atoms with E-state index >= 15 is 0 Å². The lowest BCUT2D eigenvalue weighted by Crippen LogP contribution is -2.36. The number of nitrogens with zero attached hydrogens (tertiary/aromatic N) is 2. The molecule has 0 atom stereocenters. The van der Waals surface area contributed by atoms with Gasteiger partial charge in [-0.3, -0.25) is 4.79 Å². The van der Waals surface area contributed by atoms with E-state index in [9.17, 15) is 4.79 Å². The van der Waals surface area contributed by atoms with Gasteiger partial charge in [0.05, 0.1) is 23.8 Å². The quantitative estimate of drug-likeness (QED) is 0.484. The fraction of sp³-hybridized carbons (Fsp3) is 0.182. The van der Waals surface area contributed by atoms with Crippen molar-refractivity contribution in [3.05, 3.63) is 77.2 Å². The van der Waals surface area contributed by atoms with Crippen LogP contribution in [0.5, 0.6) is 0 Å². The van der Waals surface area contributed by atoms with Gasteiger partial charge in [-0.15, -0.1) is 0 Å². The van der Waals surface area contributed by atoms with Gasteiger partial charge in [-0.25, -0.2) is 4.98 Å². The Morgan fingerprint density at radius 2 is 1.67 bits per heavy atom. The molecular formula is C22H20N2O2S. The highest BCUT2D eigenvalue weighted by atomic mass is 32.1. The second kappa shape index (κ2) is 8.29. The number of thiazole rings is 1. The van der Waals surface area contributed by atoms with Gasteiger partial charge in [0.25, 0.3) is 0 Å². The van der Waals surface area contributed by atoms with Gasteiger partial charge in [0, 0.05) is 24.2 Å². The van der Waals surface area contributed by atoms with Gasteiger partial charge >= 0.3 is 0 Å². The summed E-state index contributed by atoms with van der Waals surface area (Å²) in [5, 5.41) is 0.976. The Bertz CT molecular complexity index is 929. The molecule has 4 nitrogen and oxygen atoms in total. The highest BCUT2D eigenvalue weighted by Crippen LogP contribution is 2.34. The van der Waals surface area contributed by atoms with Crippen LogP contribution in [0.25, 0.3) is 17.3 Å². The fourth-order valence-corrected chi connectivity index (χ4v) is 4.02. The molecule has 0 spiro atoms. The van der Waals surface area contributed by atoms with Gasteiger partial charge in [-0.05, 0) is 12.2 Å². The Kier molecular flexibility index (Phi) is 5.42. The van der Waals surface area contributed by atoms with Crippen LogP contribution < -0.4 is 4.90 Å². The number of ketones is 1. The minimum absolute atomic E-state index is 0.00376. The molecule has 1 saturated heterocycles. The number of rotatable bonds is 5. The fourth-order valence-electron chi connectivity index (χ4n) is 2.98. The summed E-state index contributed by atoms with van der Waals surface area (Å²) in [5.74, 6) is -0.00376. The minimum Gasteiger partial charge on any atom is -0.378 e. The molecule has 0 radical (unpaired) electrons. The molecule has 1 aromatic heterocycles. The summed E-state index contributed by atoms with van der Waals surface area (Å²) >= 11 is 1.62. The molecule has 0 aliphatic carbocycles. The van der Waals surface area contributed by atoms with E-state index in [1.807, 2.05) is 54.6 Å². The zero-order valence-corrected chi connectivity index (χ0v) is 15.7. The van der Waals surface area contributed by atoms with Crippen LogP contribution in [0.15, 0.2) is 66.7 Å². The van der Waals surface area contributed by atoms with Crippen molar-refractivity contribution < 1.29 is 9.53 Å². The van der Waals surface area contributed by atoms with Crippen LogP contribution in [-0.4, -0.2) is 37.1 Å².